The molecule has 5 heteroatoms. The number of nitrogen functional groups attached to an aromatic ring is 1. The van der Waals surface area contributed by atoms with E-state index >= 15 is 0 Å². The largest absolute Gasteiger partial charge is 0.399 e. The minimum atomic E-state index is 0.567. The summed E-state index contributed by atoms with van der Waals surface area (Å²) < 4.78 is 0. The van der Waals surface area contributed by atoms with E-state index in [1.54, 1.807) is 0 Å². The topological polar surface area (TPSA) is 93.7 Å². The van der Waals surface area contributed by atoms with Crippen LogP contribution >= 0.6 is 0 Å². The number of amidine groups is 1. The van der Waals surface area contributed by atoms with E-state index < -0.39 is 0 Å². The third-order valence-corrected chi connectivity index (χ3v) is 3.76. The Kier molecular flexibility index (Phi) is 4.63. The number of piperidine rings is 1. The highest BCUT2D eigenvalue weighted by Gasteiger charge is 2.19. The molecule has 0 aliphatic carbocycles. The molecular weight excluding hydrogens is 238 g/mol. The maximum Gasteiger partial charge on any atom is 0.119 e. The number of likely N-dealkylation sites (tertiary alicyclic amines) is 1. The molecule has 0 atom stereocenters. The summed E-state index contributed by atoms with van der Waals surface area (Å²) >= 11 is 0. The Labute approximate surface area is 114 Å². The first-order chi connectivity index (χ1) is 9.17. The van der Waals surface area contributed by atoms with Gasteiger partial charge >= 0.3 is 0 Å². The van der Waals surface area contributed by atoms with Crippen molar-refractivity contribution in [2.24, 2.45) is 22.6 Å². The van der Waals surface area contributed by atoms with Crippen LogP contribution in [0.3, 0.4) is 0 Å². The van der Waals surface area contributed by atoms with E-state index in [2.05, 4.69) is 22.1 Å². The van der Waals surface area contributed by atoms with Crippen LogP contribution in [0.4, 0.5) is 5.69 Å². The van der Waals surface area contributed by atoms with Crippen molar-refractivity contribution in [3.8, 4) is 0 Å². The molecule has 0 spiro atoms. The first kappa shape index (κ1) is 13.7. The van der Waals surface area contributed by atoms with Crippen LogP contribution < -0.4 is 17.3 Å². The van der Waals surface area contributed by atoms with E-state index in [-0.39, 0.29) is 0 Å². The quantitative estimate of drug-likeness (QED) is 0.249. The molecule has 6 N–H and O–H groups in total. The van der Waals surface area contributed by atoms with Gasteiger partial charge in [-0.3, -0.25) is 4.90 Å². The fourth-order valence-electron chi connectivity index (χ4n) is 2.58. The highest BCUT2D eigenvalue weighted by Crippen LogP contribution is 2.21. The summed E-state index contributed by atoms with van der Waals surface area (Å²) in [4.78, 5) is 2.47. The number of hydrogen-bond acceptors (Lipinski definition) is 4. The normalized spacial score (nSPS) is 18.6. The predicted octanol–water partition coefficient (Wildman–Crippen LogP) is 1.10. The van der Waals surface area contributed by atoms with Crippen molar-refractivity contribution < 1.29 is 0 Å². The number of hydrogen-bond donors (Lipinski definition) is 3. The van der Waals surface area contributed by atoms with Crippen LogP contribution in [0.15, 0.2) is 29.4 Å². The second-order valence-corrected chi connectivity index (χ2v) is 5.29. The van der Waals surface area contributed by atoms with Gasteiger partial charge < -0.3 is 17.3 Å². The Morgan fingerprint density at radius 2 is 1.84 bits per heavy atom. The Bertz CT molecular complexity index is 418. The molecule has 0 unspecified atom stereocenters. The van der Waals surface area contributed by atoms with Crippen LogP contribution in [-0.4, -0.2) is 23.8 Å². The first-order valence-electron chi connectivity index (χ1n) is 6.76. The summed E-state index contributed by atoms with van der Waals surface area (Å²) in [6, 6.07) is 8.11. The molecule has 19 heavy (non-hydrogen) atoms. The Morgan fingerprint density at radius 3 is 2.42 bits per heavy atom. The molecule has 1 aromatic rings. The average Bonchev–Trinajstić information content (AvgIpc) is 2.43. The molecule has 1 fully saturated rings. The zero-order valence-electron chi connectivity index (χ0n) is 11.3. The fraction of sp³-hybridized carbons (Fsp3) is 0.500. The first-order valence-corrected chi connectivity index (χ1v) is 6.76. The highest BCUT2D eigenvalue weighted by atomic mass is 15.2. The Balaban J connectivity index is 1.78. The third-order valence-electron chi connectivity index (χ3n) is 3.76. The van der Waals surface area contributed by atoms with Crippen molar-refractivity contribution in [3.63, 3.8) is 0 Å². The van der Waals surface area contributed by atoms with Gasteiger partial charge in [-0.2, -0.15) is 5.10 Å². The Hall–Kier alpha value is -1.75. The average molecular weight is 261 g/mol. The van der Waals surface area contributed by atoms with Crippen LogP contribution in [0.1, 0.15) is 24.8 Å². The van der Waals surface area contributed by atoms with Crippen LogP contribution in [0.5, 0.6) is 0 Å². The Morgan fingerprint density at radius 1 is 1.21 bits per heavy atom. The molecule has 1 heterocycles. The molecule has 5 nitrogen and oxygen atoms in total. The molecule has 104 valence electrons. The van der Waals surface area contributed by atoms with E-state index in [1.165, 1.54) is 5.56 Å². The monoisotopic (exact) mass is 261 g/mol. The molecule has 2 rings (SSSR count). The van der Waals surface area contributed by atoms with E-state index in [9.17, 15) is 0 Å². The van der Waals surface area contributed by atoms with Gasteiger partial charge in [-0.15, -0.1) is 0 Å². The van der Waals surface area contributed by atoms with Crippen LogP contribution in [-0.2, 0) is 6.54 Å². The number of anilines is 1. The zero-order chi connectivity index (χ0) is 13.7. The minimum Gasteiger partial charge on any atom is -0.399 e. The number of rotatable bonds is 4. The van der Waals surface area contributed by atoms with Gasteiger partial charge in [-0.05, 0) is 49.5 Å². The van der Waals surface area contributed by atoms with Gasteiger partial charge in [0.05, 0.1) is 0 Å². The lowest BCUT2D eigenvalue weighted by Gasteiger charge is -2.31. The number of nitrogens with zero attached hydrogens (tertiary/aromatic N) is 2. The van der Waals surface area contributed by atoms with Crippen molar-refractivity contribution in [3.05, 3.63) is 29.8 Å². The fourth-order valence-corrected chi connectivity index (χ4v) is 2.58. The molecule has 1 aliphatic heterocycles. The molecule has 0 radical (unpaired) electrons. The summed E-state index contributed by atoms with van der Waals surface area (Å²) in [5.74, 6) is 6.36. The molecular formula is C14H23N5. The van der Waals surface area contributed by atoms with Crippen LogP contribution in [0.25, 0.3) is 0 Å². The summed E-state index contributed by atoms with van der Waals surface area (Å²) in [6.07, 6.45) is 3.14. The number of hydrazone groups is 1. The molecule has 0 saturated carbocycles. The van der Waals surface area contributed by atoms with E-state index in [1.807, 2.05) is 12.1 Å². The van der Waals surface area contributed by atoms with Crippen molar-refractivity contribution in [2.75, 3.05) is 18.8 Å². The molecule has 1 saturated heterocycles. The molecule has 1 aliphatic rings. The van der Waals surface area contributed by atoms with Gasteiger partial charge in [-0.25, -0.2) is 0 Å². The van der Waals surface area contributed by atoms with Gasteiger partial charge in [0.2, 0.25) is 0 Å². The number of nitrogens with two attached hydrogens (primary N) is 3. The molecule has 0 aromatic heterocycles. The summed E-state index contributed by atoms with van der Waals surface area (Å²) in [5.41, 5.74) is 13.5. The zero-order valence-corrected chi connectivity index (χ0v) is 11.3. The van der Waals surface area contributed by atoms with Crippen LogP contribution in [0, 0.1) is 5.92 Å². The van der Waals surface area contributed by atoms with Gasteiger partial charge in [0, 0.05) is 18.7 Å². The predicted molar refractivity (Wildman–Crippen MR) is 79.3 cm³/mol. The van der Waals surface area contributed by atoms with E-state index in [0.717, 1.165) is 44.6 Å². The smallest absolute Gasteiger partial charge is 0.119 e. The maximum absolute atomic E-state index is 5.69. The lowest BCUT2D eigenvalue weighted by molar-refractivity contribution is 0.180. The van der Waals surface area contributed by atoms with Gasteiger partial charge in [0.1, 0.15) is 5.84 Å². The maximum atomic E-state index is 5.69. The van der Waals surface area contributed by atoms with Gasteiger partial charge in [-0.1, -0.05) is 12.1 Å². The molecule has 0 amide bonds. The van der Waals surface area contributed by atoms with E-state index in [4.69, 9.17) is 17.3 Å². The lowest BCUT2D eigenvalue weighted by Crippen LogP contribution is -2.34. The van der Waals surface area contributed by atoms with Crippen molar-refractivity contribution in [1.82, 2.24) is 4.90 Å². The second-order valence-electron chi connectivity index (χ2n) is 5.29. The van der Waals surface area contributed by atoms with Crippen LogP contribution in [0.2, 0.25) is 0 Å². The van der Waals surface area contributed by atoms with Crippen molar-refractivity contribution in [2.45, 2.75) is 25.8 Å². The minimum absolute atomic E-state index is 0.567. The highest BCUT2D eigenvalue weighted by molar-refractivity contribution is 5.80. The summed E-state index contributed by atoms with van der Waals surface area (Å²) in [7, 11) is 0. The summed E-state index contributed by atoms with van der Waals surface area (Å²) in [5, 5.41) is 3.55. The van der Waals surface area contributed by atoms with Gasteiger partial charge in [0.15, 0.2) is 0 Å². The standard InChI is InChI=1S/C14H23N5/c15-13-3-1-12(2-4-13)10-19-7-5-11(6-8-19)9-14(16)18-17/h1-4,11H,5-10,15,17H2,(H2,16,18). The SMILES string of the molecule is N/N=C(\N)CC1CCN(Cc2ccc(N)cc2)CC1. The summed E-state index contributed by atoms with van der Waals surface area (Å²) in [6.45, 7) is 3.20. The lowest BCUT2D eigenvalue weighted by atomic mass is 9.93. The molecule has 0 bridgehead atoms. The number of benzene rings is 1. The van der Waals surface area contributed by atoms with Crippen molar-refractivity contribution in [1.29, 1.82) is 0 Å². The molecule has 1 aromatic carbocycles. The third kappa shape index (κ3) is 4.13. The van der Waals surface area contributed by atoms with Gasteiger partial charge in [0.25, 0.3) is 0 Å². The van der Waals surface area contributed by atoms with E-state index in [0.29, 0.717) is 11.8 Å². The second kappa shape index (κ2) is 6.43. The van der Waals surface area contributed by atoms with Crippen molar-refractivity contribution >= 4 is 11.5 Å².